The highest BCUT2D eigenvalue weighted by Gasteiger charge is 2.24. The van der Waals surface area contributed by atoms with Crippen LogP contribution >= 0.6 is 0 Å². The Morgan fingerprint density at radius 1 is 1.23 bits per heavy atom. The topological polar surface area (TPSA) is 60.7 Å². The van der Waals surface area contributed by atoms with E-state index in [4.69, 9.17) is 14.6 Å². The fraction of sp³-hybridized carbons (Fsp3) is 0.353. The number of rotatable bonds is 5. The lowest BCUT2D eigenvalue weighted by molar-refractivity contribution is -0.110. The molecule has 1 N–H and O–H groups in total. The first-order valence-corrected chi connectivity index (χ1v) is 7.43. The minimum atomic E-state index is -0.448. The molecule has 1 aromatic heterocycles. The van der Waals surface area contributed by atoms with Crippen LogP contribution in [0.5, 0.6) is 5.75 Å². The number of benzene rings is 1. The van der Waals surface area contributed by atoms with Gasteiger partial charge < -0.3 is 19.1 Å². The molecule has 5 heteroatoms. The highest BCUT2D eigenvalue weighted by Crippen LogP contribution is 2.24. The number of aryl methyl sites for hydroxylation is 1. The van der Waals surface area contributed by atoms with Crippen LogP contribution in [0.3, 0.4) is 0 Å². The van der Waals surface area contributed by atoms with E-state index in [9.17, 15) is 4.79 Å². The SMILES string of the molecule is O=c1ccn(CCCO)c2c1OC(Cc1ccccc1)OC2. The Morgan fingerprint density at radius 3 is 2.82 bits per heavy atom. The number of ether oxygens (including phenoxy) is 2. The molecule has 0 saturated carbocycles. The summed E-state index contributed by atoms with van der Waals surface area (Å²) < 4.78 is 13.4. The molecular formula is C17H19NO4. The third-order valence-electron chi connectivity index (χ3n) is 3.70. The van der Waals surface area contributed by atoms with Crippen molar-refractivity contribution < 1.29 is 14.6 Å². The Kier molecular flexibility index (Phi) is 4.56. The van der Waals surface area contributed by atoms with Gasteiger partial charge in [0, 0.05) is 31.8 Å². The van der Waals surface area contributed by atoms with Crippen LogP contribution in [-0.4, -0.2) is 22.6 Å². The Balaban J connectivity index is 1.79. The number of hydrogen-bond donors (Lipinski definition) is 1. The second-order valence-corrected chi connectivity index (χ2v) is 5.27. The summed E-state index contributed by atoms with van der Waals surface area (Å²) in [5.74, 6) is 0.368. The van der Waals surface area contributed by atoms with Crippen molar-refractivity contribution in [3.63, 3.8) is 0 Å². The van der Waals surface area contributed by atoms with Crippen LogP contribution in [0.25, 0.3) is 0 Å². The predicted octanol–water partition coefficient (Wildman–Crippen LogP) is 1.71. The van der Waals surface area contributed by atoms with E-state index in [2.05, 4.69) is 0 Å². The number of fused-ring (bicyclic) bond motifs is 1. The van der Waals surface area contributed by atoms with Gasteiger partial charge in [0.05, 0.1) is 12.3 Å². The summed E-state index contributed by atoms with van der Waals surface area (Å²) in [6, 6.07) is 11.4. The largest absolute Gasteiger partial charge is 0.459 e. The summed E-state index contributed by atoms with van der Waals surface area (Å²) in [4.78, 5) is 12.0. The number of pyridine rings is 1. The molecule has 1 aliphatic heterocycles. The van der Waals surface area contributed by atoms with E-state index in [0.717, 1.165) is 11.3 Å². The van der Waals surface area contributed by atoms with Gasteiger partial charge in [0.1, 0.15) is 0 Å². The lowest BCUT2D eigenvalue weighted by Crippen LogP contribution is -2.33. The maximum atomic E-state index is 12.0. The van der Waals surface area contributed by atoms with E-state index in [0.29, 0.717) is 31.7 Å². The lowest BCUT2D eigenvalue weighted by Gasteiger charge is -2.28. The van der Waals surface area contributed by atoms with Gasteiger partial charge in [-0.05, 0) is 12.0 Å². The Labute approximate surface area is 128 Å². The van der Waals surface area contributed by atoms with Crippen molar-refractivity contribution in [3.05, 3.63) is 64.1 Å². The standard InChI is InChI=1S/C17H19NO4/c19-10-4-8-18-9-7-15(20)17-14(18)12-21-16(22-17)11-13-5-2-1-3-6-13/h1-3,5-7,9,16,19H,4,8,10-12H2. The van der Waals surface area contributed by atoms with E-state index >= 15 is 0 Å². The molecular weight excluding hydrogens is 282 g/mol. The molecule has 0 aliphatic carbocycles. The molecule has 0 fully saturated rings. The first-order chi connectivity index (χ1) is 10.8. The average Bonchev–Trinajstić information content (AvgIpc) is 2.56. The van der Waals surface area contributed by atoms with Crippen LogP contribution in [0.1, 0.15) is 17.7 Å². The van der Waals surface area contributed by atoms with Gasteiger partial charge in [0.25, 0.3) is 0 Å². The van der Waals surface area contributed by atoms with Crippen molar-refractivity contribution in [1.29, 1.82) is 0 Å². The van der Waals surface area contributed by atoms with Crippen molar-refractivity contribution >= 4 is 0 Å². The molecule has 0 amide bonds. The zero-order valence-corrected chi connectivity index (χ0v) is 12.3. The van der Waals surface area contributed by atoms with E-state index in [-0.39, 0.29) is 12.0 Å². The molecule has 2 aromatic rings. The van der Waals surface area contributed by atoms with Crippen LogP contribution in [0, 0.1) is 0 Å². The summed E-state index contributed by atoms with van der Waals surface area (Å²) in [6.45, 7) is 1.09. The Bertz CT molecular complexity index is 681. The number of nitrogens with zero attached hydrogens (tertiary/aromatic N) is 1. The van der Waals surface area contributed by atoms with Gasteiger partial charge >= 0.3 is 0 Å². The summed E-state index contributed by atoms with van der Waals surface area (Å²) in [5.41, 5.74) is 1.72. The summed E-state index contributed by atoms with van der Waals surface area (Å²) in [5, 5.41) is 8.95. The van der Waals surface area contributed by atoms with Gasteiger partial charge in [-0.1, -0.05) is 30.3 Å². The second kappa shape index (κ2) is 6.77. The zero-order chi connectivity index (χ0) is 15.4. The predicted molar refractivity (Wildman–Crippen MR) is 81.8 cm³/mol. The first kappa shape index (κ1) is 14.8. The van der Waals surface area contributed by atoms with Crippen LogP contribution in [-0.2, 0) is 24.3 Å². The minimum Gasteiger partial charge on any atom is -0.459 e. The number of aromatic nitrogens is 1. The molecule has 1 aromatic carbocycles. The fourth-order valence-corrected chi connectivity index (χ4v) is 2.57. The fourth-order valence-electron chi connectivity index (χ4n) is 2.57. The maximum Gasteiger partial charge on any atom is 0.223 e. The molecule has 0 spiro atoms. The van der Waals surface area contributed by atoms with Gasteiger partial charge in [-0.2, -0.15) is 0 Å². The van der Waals surface area contributed by atoms with Crippen LogP contribution in [0.2, 0.25) is 0 Å². The lowest BCUT2D eigenvalue weighted by atomic mass is 10.1. The van der Waals surface area contributed by atoms with E-state index in [1.54, 1.807) is 6.20 Å². The first-order valence-electron chi connectivity index (χ1n) is 7.43. The number of aliphatic hydroxyl groups excluding tert-OH is 1. The normalized spacial score (nSPS) is 16.9. The van der Waals surface area contributed by atoms with Gasteiger partial charge in [0.15, 0.2) is 5.75 Å². The van der Waals surface area contributed by atoms with Crippen molar-refractivity contribution in [1.82, 2.24) is 4.57 Å². The third kappa shape index (κ3) is 3.21. The average molecular weight is 301 g/mol. The van der Waals surface area contributed by atoms with Gasteiger partial charge in [-0.3, -0.25) is 4.79 Å². The van der Waals surface area contributed by atoms with Crippen molar-refractivity contribution in [2.45, 2.75) is 32.3 Å². The molecule has 5 nitrogen and oxygen atoms in total. The highest BCUT2D eigenvalue weighted by molar-refractivity contribution is 5.29. The summed E-state index contributed by atoms with van der Waals surface area (Å²) >= 11 is 0. The minimum absolute atomic E-state index is 0.110. The van der Waals surface area contributed by atoms with E-state index in [1.165, 1.54) is 6.07 Å². The van der Waals surface area contributed by atoms with Gasteiger partial charge in [0.2, 0.25) is 11.7 Å². The molecule has 3 rings (SSSR count). The van der Waals surface area contributed by atoms with Crippen LogP contribution in [0.4, 0.5) is 0 Å². The summed E-state index contributed by atoms with van der Waals surface area (Å²) in [6.07, 6.45) is 2.51. The van der Waals surface area contributed by atoms with E-state index in [1.807, 2.05) is 34.9 Å². The summed E-state index contributed by atoms with van der Waals surface area (Å²) in [7, 11) is 0. The highest BCUT2D eigenvalue weighted by atomic mass is 16.7. The quantitative estimate of drug-likeness (QED) is 0.913. The van der Waals surface area contributed by atoms with Gasteiger partial charge in [-0.25, -0.2) is 0 Å². The molecule has 0 saturated heterocycles. The monoisotopic (exact) mass is 301 g/mol. The van der Waals surface area contributed by atoms with Crippen molar-refractivity contribution in [3.8, 4) is 5.75 Å². The molecule has 116 valence electrons. The molecule has 1 unspecified atom stereocenters. The molecule has 2 heterocycles. The molecule has 1 aliphatic rings. The molecule has 0 bridgehead atoms. The maximum absolute atomic E-state index is 12.0. The Hall–Kier alpha value is -2.11. The Morgan fingerprint density at radius 2 is 2.05 bits per heavy atom. The van der Waals surface area contributed by atoms with Crippen molar-refractivity contribution in [2.75, 3.05) is 6.61 Å². The van der Waals surface area contributed by atoms with Crippen LogP contribution < -0.4 is 10.2 Å². The third-order valence-corrected chi connectivity index (χ3v) is 3.70. The smallest absolute Gasteiger partial charge is 0.223 e. The second-order valence-electron chi connectivity index (χ2n) is 5.27. The zero-order valence-electron chi connectivity index (χ0n) is 12.3. The number of hydrogen-bond acceptors (Lipinski definition) is 4. The molecule has 1 atom stereocenters. The van der Waals surface area contributed by atoms with E-state index < -0.39 is 6.29 Å². The van der Waals surface area contributed by atoms with Gasteiger partial charge in [-0.15, -0.1) is 0 Å². The number of aliphatic hydroxyl groups is 1. The van der Waals surface area contributed by atoms with Crippen molar-refractivity contribution in [2.24, 2.45) is 0 Å². The molecule has 22 heavy (non-hydrogen) atoms. The van der Waals surface area contributed by atoms with Crippen LogP contribution in [0.15, 0.2) is 47.4 Å². The molecule has 0 radical (unpaired) electrons.